The van der Waals surface area contributed by atoms with Crippen molar-refractivity contribution in [1.82, 2.24) is 10.2 Å². The fourth-order valence-corrected chi connectivity index (χ4v) is 1.77. The molecule has 15 heavy (non-hydrogen) atoms. The number of ether oxygens (including phenoxy) is 2. The molecule has 1 amide bonds. The first-order chi connectivity index (χ1) is 7.15. The van der Waals surface area contributed by atoms with Crippen molar-refractivity contribution >= 4 is 12.1 Å². The van der Waals surface area contributed by atoms with Gasteiger partial charge in [-0.25, -0.2) is 4.79 Å². The summed E-state index contributed by atoms with van der Waals surface area (Å²) < 4.78 is 9.96. The van der Waals surface area contributed by atoms with E-state index >= 15 is 0 Å². The lowest BCUT2D eigenvalue weighted by molar-refractivity contribution is -0.143. The number of hydrogen-bond donors (Lipinski definition) is 1. The van der Waals surface area contributed by atoms with E-state index in [0.717, 1.165) is 0 Å². The molecule has 0 aliphatic carbocycles. The fourth-order valence-electron chi connectivity index (χ4n) is 1.77. The second-order valence-corrected chi connectivity index (χ2v) is 3.82. The minimum Gasteiger partial charge on any atom is -0.465 e. The molecular formula is C9H14N2O4. The van der Waals surface area contributed by atoms with Crippen LogP contribution in [-0.4, -0.2) is 55.3 Å². The first-order valence-electron chi connectivity index (χ1n) is 4.99. The van der Waals surface area contributed by atoms with E-state index in [1.807, 2.05) is 0 Å². The molecule has 2 saturated heterocycles. The number of carbonyl (C=O) groups excluding carboxylic acids is 2. The van der Waals surface area contributed by atoms with Gasteiger partial charge in [-0.05, 0) is 6.92 Å². The third-order valence-corrected chi connectivity index (χ3v) is 2.56. The molecular weight excluding hydrogens is 200 g/mol. The van der Waals surface area contributed by atoms with Crippen molar-refractivity contribution in [3.05, 3.63) is 0 Å². The van der Waals surface area contributed by atoms with E-state index in [9.17, 15) is 9.59 Å². The van der Waals surface area contributed by atoms with Gasteiger partial charge in [0.1, 0.15) is 6.54 Å². The second kappa shape index (κ2) is 3.69. The van der Waals surface area contributed by atoms with Gasteiger partial charge in [-0.15, -0.1) is 0 Å². The smallest absolute Gasteiger partial charge is 0.411 e. The molecule has 0 radical (unpaired) electrons. The number of carbonyl (C=O) groups is 2. The molecule has 2 fully saturated rings. The summed E-state index contributed by atoms with van der Waals surface area (Å²) in [4.78, 5) is 24.0. The number of nitrogens with zero attached hydrogens (tertiary/aromatic N) is 1. The van der Waals surface area contributed by atoms with Gasteiger partial charge >= 0.3 is 12.1 Å². The Hall–Kier alpha value is -1.30. The first-order valence-corrected chi connectivity index (χ1v) is 4.99. The summed E-state index contributed by atoms with van der Waals surface area (Å²) in [5, 5.41) is 3.04. The quantitative estimate of drug-likeness (QED) is 0.632. The van der Waals surface area contributed by atoms with Crippen LogP contribution >= 0.6 is 0 Å². The molecule has 2 rings (SSSR count). The van der Waals surface area contributed by atoms with Gasteiger partial charge in [-0.1, -0.05) is 0 Å². The van der Waals surface area contributed by atoms with Crippen LogP contribution in [0.15, 0.2) is 0 Å². The Morgan fingerprint density at radius 3 is 2.87 bits per heavy atom. The van der Waals surface area contributed by atoms with Crippen molar-refractivity contribution in [3.63, 3.8) is 0 Å². The highest BCUT2D eigenvalue weighted by Crippen LogP contribution is 2.26. The summed E-state index contributed by atoms with van der Waals surface area (Å²) in [6, 6.07) is 0. The van der Waals surface area contributed by atoms with E-state index in [-0.39, 0.29) is 6.54 Å². The summed E-state index contributed by atoms with van der Waals surface area (Å²) >= 11 is 0. The lowest BCUT2D eigenvalue weighted by Crippen LogP contribution is -2.61. The highest BCUT2D eigenvalue weighted by atomic mass is 16.6. The molecule has 2 aliphatic heterocycles. The van der Waals surface area contributed by atoms with Crippen LogP contribution in [0.5, 0.6) is 0 Å². The highest BCUT2D eigenvalue weighted by molar-refractivity contribution is 5.79. The largest absolute Gasteiger partial charge is 0.465 e. The van der Waals surface area contributed by atoms with E-state index in [4.69, 9.17) is 9.47 Å². The summed E-state index contributed by atoms with van der Waals surface area (Å²) in [6.45, 7) is 3.84. The summed E-state index contributed by atoms with van der Waals surface area (Å²) in [5.74, 6) is -0.390. The molecule has 0 atom stereocenters. The molecule has 84 valence electrons. The van der Waals surface area contributed by atoms with Crippen LogP contribution < -0.4 is 5.32 Å². The Kier molecular flexibility index (Phi) is 2.52. The lowest BCUT2D eigenvalue weighted by Gasteiger charge is -2.36. The van der Waals surface area contributed by atoms with Crippen molar-refractivity contribution in [2.24, 2.45) is 0 Å². The maximum absolute atomic E-state index is 11.4. The Bertz CT molecular complexity index is 288. The number of rotatable bonds is 3. The van der Waals surface area contributed by atoms with Crippen LogP contribution in [0.3, 0.4) is 0 Å². The predicted molar refractivity (Wildman–Crippen MR) is 50.3 cm³/mol. The first kappa shape index (κ1) is 10.2. The minimum absolute atomic E-state index is 0.0194. The Morgan fingerprint density at radius 1 is 1.67 bits per heavy atom. The lowest BCUT2D eigenvalue weighted by atomic mass is 9.97. The normalized spacial score (nSPS) is 22.5. The number of amides is 1. The van der Waals surface area contributed by atoms with Gasteiger partial charge in [0, 0.05) is 13.1 Å². The van der Waals surface area contributed by atoms with E-state index in [0.29, 0.717) is 26.2 Å². The Balaban J connectivity index is 1.88. The molecule has 0 aromatic rings. The van der Waals surface area contributed by atoms with Crippen molar-refractivity contribution in [1.29, 1.82) is 0 Å². The topological polar surface area (TPSA) is 67.9 Å². The third-order valence-electron chi connectivity index (χ3n) is 2.56. The van der Waals surface area contributed by atoms with Gasteiger partial charge < -0.3 is 14.8 Å². The van der Waals surface area contributed by atoms with Crippen molar-refractivity contribution in [3.8, 4) is 0 Å². The molecule has 0 aromatic carbocycles. The Morgan fingerprint density at radius 2 is 2.40 bits per heavy atom. The molecule has 6 nitrogen and oxygen atoms in total. The van der Waals surface area contributed by atoms with Gasteiger partial charge in [-0.2, -0.15) is 0 Å². The average molecular weight is 214 g/mol. The minimum atomic E-state index is -0.426. The van der Waals surface area contributed by atoms with Gasteiger partial charge in [0.05, 0.1) is 13.2 Å². The van der Waals surface area contributed by atoms with Crippen LogP contribution in [0, 0.1) is 0 Å². The summed E-state index contributed by atoms with van der Waals surface area (Å²) in [5.41, 5.74) is -0.399. The number of nitrogens with one attached hydrogen (secondary N) is 1. The molecule has 0 unspecified atom stereocenters. The Labute approximate surface area is 87.5 Å². The van der Waals surface area contributed by atoms with E-state index < -0.39 is 17.7 Å². The molecule has 0 bridgehead atoms. The van der Waals surface area contributed by atoms with Crippen molar-refractivity contribution in [2.75, 3.05) is 32.8 Å². The SMILES string of the molecule is CCOC(=O)CN1CC2(CNC2)OC1=O. The van der Waals surface area contributed by atoms with Gasteiger partial charge in [0.2, 0.25) is 0 Å². The van der Waals surface area contributed by atoms with Crippen molar-refractivity contribution < 1.29 is 19.1 Å². The second-order valence-electron chi connectivity index (χ2n) is 3.82. The van der Waals surface area contributed by atoms with Crippen LogP contribution in [0.4, 0.5) is 4.79 Å². The van der Waals surface area contributed by atoms with Crippen LogP contribution in [0.1, 0.15) is 6.92 Å². The molecule has 1 N–H and O–H groups in total. The van der Waals surface area contributed by atoms with Crippen LogP contribution in [-0.2, 0) is 14.3 Å². The van der Waals surface area contributed by atoms with E-state index in [1.165, 1.54) is 4.90 Å². The zero-order valence-electron chi connectivity index (χ0n) is 8.62. The maximum atomic E-state index is 11.4. The molecule has 1 spiro atoms. The predicted octanol–water partition coefficient (Wildman–Crippen LogP) is -0.656. The van der Waals surface area contributed by atoms with Gasteiger partial charge in [0.25, 0.3) is 0 Å². The average Bonchev–Trinajstić information content (AvgIpc) is 2.44. The van der Waals surface area contributed by atoms with Gasteiger partial charge in [-0.3, -0.25) is 9.69 Å². The van der Waals surface area contributed by atoms with E-state index in [2.05, 4.69) is 5.32 Å². The molecule has 6 heteroatoms. The van der Waals surface area contributed by atoms with Crippen molar-refractivity contribution in [2.45, 2.75) is 12.5 Å². The summed E-state index contributed by atoms with van der Waals surface area (Å²) in [7, 11) is 0. The maximum Gasteiger partial charge on any atom is 0.411 e. The molecule has 2 aliphatic rings. The third kappa shape index (κ3) is 1.90. The molecule has 0 aromatic heterocycles. The van der Waals surface area contributed by atoms with Crippen LogP contribution in [0.2, 0.25) is 0 Å². The van der Waals surface area contributed by atoms with Gasteiger partial charge in [0.15, 0.2) is 5.60 Å². The molecule has 0 saturated carbocycles. The zero-order chi connectivity index (χ0) is 10.9. The summed E-state index contributed by atoms with van der Waals surface area (Å²) in [6.07, 6.45) is -0.426. The highest BCUT2D eigenvalue weighted by Gasteiger charge is 2.49. The monoisotopic (exact) mass is 214 g/mol. The number of hydrogen-bond acceptors (Lipinski definition) is 5. The van der Waals surface area contributed by atoms with Crippen LogP contribution in [0.25, 0.3) is 0 Å². The van der Waals surface area contributed by atoms with E-state index in [1.54, 1.807) is 6.92 Å². The number of esters is 1. The molecule has 2 heterocycles. The standard InChI is InChI=1S/C9H14N2O4/c1-2-14-7(12)3-11-6-9(4-10-5-9)15-8(11)13/h10H,2-6H2,1H3. The fraction of sp³-hybridized carbons (Fsp3) is 0.778. The zero-order valence-corrected chi connectivity index (χ0v) is 8.62.